The molecule has 0 radical (unpaired) electrons. The molecule has 11 rings (SSSR count). The average molecular weight is 1190 g/mol. The highest BCUT2D eigenvalue weighted by Crippen LogP contribution is 2.39. The number of amides is 3. The van der Waals surface area contributed by atoms with Crippen molar-refractivity contribution < 1.29 is 38.1 Å². The Hall–Kier alpha value is -7.04. The molecule has 5 aromatic rings. The Balaban J connectivity index is 0.604. The van der Waals surface area contributed by atoms with Gasteiger partial charge in [-0.1, -0.05) is 74.5 Å². The van der Waals surface area contributed by atoms with E-state index in [9.17, 15) is 19.2 Å². The maximum atomic E-state index is 14.3. The van der Waals surface area contributed by atoms with Gasteiger partial charge < -0.3 is 49.2 Å². The maximum Gasteiger partial charge on any atom is 0.255 e. The molecule has 20 heteroatoms. The van der Waals surface area contributed by atoms with Crippen LogP contribution in [-0.2, 0) is 50.2 Å². The van der Waals surface area contributed by atoms with Gasteiger partial charge in [-0.05, 0) is 91.5 Å². The van der Waals surface area contributed by atoms with E-state index in [1.165, 1.54) is 4.90 Å². The molecular weight excluding hydrogens is 1110 g/mol. The molecule has 1 aromatic heterocycles. The van der Waals surface area contributed by atoms with Crippen molar-refractivity contribution in [2.45, 2.75) is 83.3 Å². The number of nitrogens with zero attached hydrogens (tertiary/aromatic N) is 9. The fraction of sp³-hybridized carbons (Fsp3) is 0.470. The first-order valence-electron chi connectivity index (χ1n) is 30.6. The van der Waals surface area contributed by atoms with Gasteiger partial charge in [0.1, 0.15) is 36.8 Å². The van der Waals surface area contributed by atoms with Crippen molar-refractivity contribution in [3.05, 3.63) is 143 Å². The summed E-state index contributed by atoms with van der Waals surface area (Å²) in [4.78, 5) is 81.9. The minimum Gasteiger partial charge on any atom is -0.492 e. The monoisotopic (exact) mass is 1190 g/mol. The number of Topliss-reactive ketones (excluding diaryl/α,β-unsaturated/α-hetero) is 1. The topological polar surface area (TPSA) is 187 Å². The number of carbonyl (C=O) groups excluding carboxylic acids is 4. The van der Waals surface area contributed by atoms with Crippen molar-refractivity contribution >= 4 is 52.4 Å². The molecule has 3 fully saturated rings. The van der Waals surface area contributed by atoms with Crippen LogP contribution < -0.4 is 20.1 Å². The molecule has 6 aliphatic rings. The Morgan fingerprint density at radius 3 is 2.17 bits per heavy atom. The summed E-state index contributed by atoms with van der Waals surface area (Å²) in [5, 5.41) is 6.60. The van der Waals surface area contributed by atoms with Crippen LogP contribution in [0.25, 0.3) is 11.3 Å². The molecular formula is C66H81N11O8S. The number of nitrogens with one attached hydrogen (secondary N) is 2. The molecule has 2 unspecified atom stereocenters. The third-order valence-electron chi connectivity index (χ3n) is 17.1. The highest BCUT2D eigenvalue weighted by atomic mass is 32.2. The molecule has 0 aliphatic carbocycles. The van der Waals surface area contributed by atoms with Crippen LogP contribution in [0.1, 0.15) is 77.0 Å². The number of anilines is 2. The van der Waals surface area contributed by atoms with E-state index in [1.54, 1.807) is 28.9 Å². The number of likely N-dealkylation sites (tertiary alicyclic amines) is 1. The second-order valence-electron chi connectivity index (χ2n) is 23.5. The lowest BCUT2D eigenvalue weighted by Gasteiger charge is -2.36. The lowest BCUT2D eigenvalue weighted by atomic mass is 10.00. The molecule has 4 atom stereocenters. The van der Waals surface area contributed by atoms with Gasteiger partial charge in [0.05, 0.1) is 55.5 Å². The van der Waals surface area contributed by atoms with Crippen LogP contribution in [0.2, 0.25) is 0 Å². The predicted octanol–water partition coefficient (Wildman–Crippen LogP) is 7.24. The summed E-state index contributed by atoms with van der Waals surface area (Å²) in [5.41, 5.74) is 10.0. The number of rotatable bonds is 19. The number of piperazine rings is 2. The van der Waals surface area contributed by atoms with Gasteiger partial charge in [0.15, 0.2) is 5.78 Å². The number of aliphatic imine (C=N–C) groups is 1. The fourth-order valence-corrected chi connectivity index (χ4v) is 13.3. The Morgan fingerprint density at radius 2 is 1.47 bits per heavy atom. The van der Waals surface area contributed by atoms with Crippen LogP contribution in [0.4, 0.5) is 11.6 Å². The molecule has 4 aromatic carbocycles. The summed E-state index contributed by atoms with van der Waals surface area (Å²) in [6.07, 6.45) is 6.82. The molecule has 6 aliphatic heterocycles. The van der Waals surface area contributed by atoms with E-state index in [4.69, 9.17) is 23.9 Å². The van der Waals surface area contributed by atoms with Gasteiger partial charge >= 0.3 is 0 Å². The summed E-state index contributed by atoms with van der Waals surface area (Å²) in [6, 6.07) is 28.1. The van der Waals surface area contributed by atoms with Gasteiger partial charge in [-0.3, -0.25) is 34.0 Å². The van der Waals surface area contributed by atoms with Crippen molar-refractivity contribution in [3.63, 3.8) is 0 Å². The highest BCUT2D eigenvalue weighted by molar-refractivity contribution is 8.12. The number of ketones is 1. The second-order valence-corrected chi connectivity index (χ2v) is 24.5. The first-order valence-corrected chi connectivity index (χ1v) is 31.5. The van der Waals surface area contributed by atoms with Crippen LogP contribution in [0.5, 0.6) is 11.5 Å². The number of fused-ring (bicyclic) bond motifs is 8. The van der Waals surface area contributed by atoms with E-state index in [2.05, 4.69) is 83.5 Å². The number of aromatic nitrogens is 2. The summed E-state index contributed by atoms with van der Waals surface area (Å²) in [5.74, 6) is 0.594. The Bertz CT molecular complexity index is 3240. The second kappa shape index (κ2) is 29.1. The molecule has 86 heavy (non-hydrogen) atoms. The number of hydrogen-bond donors (Lipinski definition) is 2. The highest BCUT2D eigenvalue weighted by Gasteiger charge is 2.46. The minimum absolute atomic E-state index is 0.0747. The van der Waals surface area contributed by atoms with E-state index >= 15 is 0 Å². The quantitative estimate of drug-likeness (QED) is 0.0787. The minimum atomic E-state index is -0.976. The number of hydrogen-bond acceptors (Lipinski definition) is 17. The molecule has 3 saturated heterocycles. The van der Waals surface area contributed by atoms with Gasteiger partial charge in [-0.15, -0.1) is 11.8 Å². The molecule has 6 bridgehead atoms. The first-order chi connectivity index (χ1) is 42.0. The Kier molecular flexibility index (Phi) is 20.5. The summed E-state index contributed by atoms with van der Waals surface area (Å²) in [6.45, 7) is 21.0. The SMILES string of the molecule is CC1N=CSC1c1ccc(CNC(=O)[C@@H]2CC(=O)CN2C(=O)[C@H](C(C)C)N2Cc3ccccc3C2=O)c(OCCN2CCN(CCCN3CCN(CCOc4ccc5cc4COC/C=C/COCc4cccc(c4)-c4ccnc(n4)N5)CC3)CC2)c1. The van der Waals surface area contributed by atoms with Gasteiger partial charge in [-0.25, -0.2) is 9.97 Å². The zero-order chi connectivity index (χ0) is 59.4. The third kappa shape index (κ3) is 15.4. The van der Waals surface area contributed by atoms with Crippen molar-refractivity contribution in [3.8, 4) is 22.8 Å². The van der Waals surface area contributed by atoms with Crippen molar-refractivity contribution in [1.29, 1.82) is 0 Å². The average Bonchev–Trinajstić information content (AvgIpc) is 2.77. The van der Waals surface area contributed by atoms with E-state index < -0.39 is 18.0 Å². The standard InChI is InChI=1S/C66H81N11O8S/c1-46(2)61(77-41-52-11-4-5-13-56(52)64(77)80)65(81)76-42-55(78)39-58(76)63(79)68-40-51-15-14-50(62-47(3)69-45-86-62)38-60(51)85-35-31-75-28-24-73(25-29-75)21-9-20-72-22-26-74(27-23-72)30-34-84-59-17-16-54-37-53(59)44-83-33-7-6-32-82-43-48-10-8-12-49(36-48)57-18-19-67-66(70-54)71-57/h4-8,10-19,36-38,45-47,58,61-62H,9,20-35,39-44H2,1-3H3,(H,68,79)(H,67,70,71)/b7-6+/t47?,58-,61-,62?/m0/s1. The molecule has 0 saturated carbocycles. The van der Waals surface area contributed by atoms with Gasteiger partial charge in [0, 0.05) is 119 Å². The van der Waals surface area contributed by atoms with E-state index in [0.717, 1.165) is 135 Å². The van der Waals surface area contributed by atoms with E-state index in [0.29, 0.717) is 63.4 Å². The largest absolute Gasteiger partial charge is 0.492 e. The number of thioether (sulfide) groups is 1. The van der Waals surface area contributed by atoms with E-state index in [1.807, 2.05) is 80.1 Å². The van der Waals surface area contributed by atoms with Crippen molar-refractivity contribution in [2.75, 3.05) is 117 Å². The molecule has 3 amide bonds. The normalized spacial score (nSPS) is 21.4. The fourth-order valence-electron chi connectivity index (χ4n) is 12.3. The smallest absolute Gasteiger partial charge is 0.255 e. The number of benzene rings is 4. The summed E-state index contributed by atoms with van der Waals surface area (Å²) >= 11 is 1.69. The first kappa shape index (κ1) is 60.6. The lowest BCUT2D eigenvalue weighted by Crippen LogP contribution is -2.55. The molecule has 454 valence electrons. The van der Waals surface area contributed by atoms with Crippen LogP contribution >= 0.6 is 11.8 Å². The maximum absolute atomic E-state index is 14.3. The van der Waals surface area contributed by atoms with Gasteiger partial charge in [-0.2, -0.15) is 0 Å². The Labute approximate surface area is 509 Å². The summed E-state index contributed by atoms with van der Waals surface area (Å²) in [7, 11) is 0. The molecule has 2 N–H and O–H groups in total. The molecule has 0 spiro atoms. The van der Waals surface area contributed by atoms with E-state index in [-0.39, 0.29) is 54.3 Å². The Morgan fingerprint density at radius 1 is 0.756 bits per heavy atom. The van der Waals surface area contributed by atoms with Gasteiger partial charge in [0.25, 0.3) is 5.91 Å². The van der Waals surface area contributed by atoms with Crippen LogP contribution in [-0.4, -0.2) is 198 Å². The van der Waals surface area contributed by atoms with Crippen LogP contribution in [0, 0.1) is 5.92 Å². The number of carbonyl (C=O) groups is 4. The molecule has 19 nitrogen and oxygen atoms in total. The lowest BCUT2D eigenvalue weighted by molar-refractivity contribution is -0.143. The predicted molar refractivity (Wildman–Crippen MR) is 334 cm³/mol. The molecule has 7 heterocycles. The third-order valence-corrected chi connectivity index (χ3v) is 18.3. The van der Waals surface area contributed by atoms with Crippen molar-refractivity contribution in [2.24, 2.45) is 10.9 Å². The summed E-state index contributed by atoms with van der Waals surface area (Å²) < 4.78 is 25.0. The van der Waals surface area contributed by atoms with Crippen LogP contribution in [0.15, 0.2) is 114 Å². The zero-order valence-electron chi connectivity index (χ0n) is 49.8. The van der Waals surface area contributed by atoms with Crippen molar-refractivity contribution in [1.82, 2.24) is 44.7 Å². The number of ether oxygens (including phenoxy) is 4. The zero-order valence-corrected chi connectivity index (χ0v) is 50.6. The van der Waals surface area contributed by atoms with Crippen LogP contribution in [0.3, 0.4) is 0 Å². The van der Waals surface area contributed by atoms with Gasteiger partial charge in [0.2, 0.25) is 17.8 Å².